The van der Waals surface area contributed by atoms with Crippen LogP contribution in [0, 0.1) is 11.6 Å². The zero-order valence-corrected chi connectivity index (χ0v) is 12.8. The molecule has 1 aromatic carbocycles. The molecule has 2 rings (SSSR count). The van der Waals surface area contributed by atoms with Crippen molar-refractivity contribution in [2.45, 2.75) is 37.1 Å². The Morgan fingerprint density at radius 1 is 1.26 bits per heavy atom. The van der Waals surface area contributed by atoms with Gasteiger partial charge in [-0.3, -0.25) is 0 Å². The second-order valence-electron chi connectivity index (χ2n) is 4.66. The molecule has 0 bridgehead atoms. The maximum absolute atomic E-state index is 13.7. The average molecular weight is 354 g/mol. The largest absolute Gasteiger partial charge is 0.246 e. The zero-order chi connectivity index (χ0) is 14.2. The number of halogens is 3. The van der Waals surface area contributed by atoms with Crippen molar-refractivity contribution < 1.29 is 17.2 Å². The minimum Gasteiger partial charge on any atom is -0.207 e. The van der Waals surface area contributed by atoms with Gasteiger partial charge in [0.05, 0.1) is 4.47 Å². The summed E-state index contributed by atoms with van der Waals surface area (Å²) in [7, 11) is -3.92. The van der Waals surface area contributed by atoms with Gasteiger partial charge in [-0.25, -0.2) is 17.2 Å². The van der Waals surface area contributed by atoms with Crippen molar-refractivity contribution in [2.24, 2.45) is 0 Å². The maximum atomic E-state index is 13.7. The van der Waals surface area contributed by atoms with Crippen LogP contribution in [0.3, 0.4) is 0 Å². The Labute approximate surface area is 119 Å². The lowest BCUT2D eigenvalue weighted by Gasteiger charge is -2.32. The third kappa shape index (κ3) is 2.83. The number of benzene rings is 1. The lowest BCUT2D eigenvalue weighted by atomic mass is 10.1. The summed E-state index contributed by atoms with van der Waals surface area (Å²) < 4.78 is 53.0. The third-order valence-corrected chi connectivity index (χ3v) is 5.94. The summed E-state index contributed by atoms with van der Waals surface area (Å²) in [5.41, 5.74) is 0. The molecule has 1 aliphatic rings. The predicted molar refractivity (Wildman–Crippen MR) is 71.3 cm³/mol. The van der Waals surface area contributed by atoms with Gasteiger partial charge in [-0.05, 0) is 41.8 Å². The highest BCUT2D eigenvalue weighted by Crippen LogP contribution is 2.29. The van der Waals surface area contributed by atoms with E-state index in [1.165, 1.54) is 4.31 Å². The summed E-state index contributed by atoms with van der Waals surface area (Å²) in [6.45, 7) is 2.17. The van der Waals surface area contributed by atoms with Gasteiger partial charge in [-0.15, -0.1) is 0 Å². The van der Waals surface area contributed by atoms with Crippen molar-refractivity contribution >= 4 is 26.0 Å². The topological polar surface area (TPSA) is 37.4 Å². The number of hydrogen-bond acceptors (Lipinski definition) is 2. The highest BCUT2D eigenvalue weighted by molar-refractivity contribution is 9.10. The average Bonchev–Trinajstić information content (AvgIpc) is 2.34. The Bertz CT molecular complexity index is 592. The molecule has 1 aromatic rings. The minimum atomic E-state index is -3.92. The summed E-state index contributed by atoms with van der Waals surface area (Å²) in [6, 6.07) is 1.41. The molecule has 7 heteroatoms. The lowest BCUT2D eigenvalue weighted by molar-refractivity contribution is 0.268. The van der Waals surface area contributed by atoms with Gasteiger partial charge in [-0.2, -0.15) is 4.31 Å². The van der Waals surface area contributed by atoms with E-state index in [2.05, 4.69) is 15.9 Å². The first kappa shape index (κ1) is 14.9. The Balaban J connectivity index is 2.47. The van der Waals surface area contributed by atoms with Crippen molar-refractivity contribution in [2.75, 3.05) is 6.54 Å². The van der Waals surface area contributed by atoms with Gasteiger partial charge >= 0.3 is 0 Å². The lowest BCUT2D eigenvalue weighted by Crippen LogP contribution is -2.42. The maximum Gasteiger partial charge on any atom is 0.246 e. The van der Waals surface area contributed by atoms with Crippen molar-refractivity contribution in [1.29, 1.82) is 0 Å². The van der Waals surface area contributed by atoms with Crippen molar-refractivity contribution in [3.05, 3.63) is 28.2 Å². The molecule has 3 nitrogen and oxygen atoms in total. The fraction of sp³-hybridized carbons (Fsp3) is 0.500. The summed E-state index contributed by atoms with van der Waals surface area (Å²) in [5.74, 6) is -1.87. The van der Waals surface area contributed by atoms with E-state index in [9.17, 15) is 17.2 Å². The molecule has 1 fully saturated rings. The van der Waals surface area contributed by atoms with Crippen molar-refractivity contribution in [3.63, 3.8) is 0 Å². The molecule has 1 atom stereocenters. The minimum absolute atomic E-state index is 0.0582. The first-order chi connectivity index (χ1) is 8.84. The second-order valence-corrected chi connectivity index (χ2v) is 7.37. The summed E-state index contributed by atoms with van der Waals surface area (Å²) in [6.07, 6.45) is 2.47. The van der Waals surface area contributed by atoms with E-state index in [-0.39, 0.29) is 10.5 Å². The van der Waals surface area contributed by atoms with Gasteiger partial charge in [-0.1, -0.05) is 6.42 Å². The van der Waals surface area contributed by atoms with E-state index in [0.29, 0.717) is 12.6 Å². The molecule has 0 radical (unpaired) electrons. The quantitative estimate of drug-likeness (QED) is 0.765. The molecule has 1 aliphatic heterocycles. The van der Waals surface area contributed by atoms with Crippen LogP contribution in [0.5, 0.6) is 0 Å². The van der Waals surface area contributed by atoms with Crippen LogP contribution in [0.2, 0.25) is 0 Å². The Morgan fingerprint density at radius 3 is 2.58 bits per heavy atom. The highest BCUT2D eigenvalue weighted by atomic mass is 79.9. The first-order valence-electron chi connectivity index (χ1n) is 6.00. The molecule has 1 heterocycles. The van der Waals surface area contributed by atoms with Crippen LogP contribution < -0.4 is 0 Å². The van der Waals surface area contributed by atoms with Gasteiger partial charge in [0.2, 0.25) is 10.0 Å². The normalized spacial score (nSPS) is 21.6. The molecular weight excluding hydrogens is 340 g/mol. The summed E-state index contributed by atoms with van der Waals surface area (Å²) >= 11 is 2.89. The molecule has 0 aromatic heterocycles. The molecule has 1 saturated heterocycles. The molecule has 0 saturated carbocycles. The van der Waals surface area contributed by atoms with E-state index in [1.807, 2.05) is 0 Å². The molecule has 0 N–H and O–H groups in total. The van der Waals surface area contributed by atoms with Crippen LogP contribution in [0.1, 0.15) is 26.2 Å². The van der Waals surface area contributed by atoms with Crippen LogP contribution in [0.25, 0.3) is 0 Å². The smallest absolute Gasteiger partial charge is 0.207 e. The number of hydrogen-bond donors (Lipinski definition) is 0. The monoisotopic (exact) mass is 353 g/mol. The van der Waals surface area contributed by atoms with E-state index in [0.717, 1.165) is 25.3 Å². The van der Waals surface area contributed by atoms with Crippen LogP contribution in [-0.4, -0.2) is 25.3 Å². The number of piperidine rings is 1. The zero-order valence-electron chi connectivity index (χ0n) is 10.4. The third-order valence-electron chi connectivity index (χ3n) is 3.30. The van der Waals surface area contributed by atoms with E-state index in [4.69, 9.17) is 0 Å². The standard InChI is InChI=1S/C12H14BrF2NO2S/c1-8-4-2-3-5-16(8)19(17,18)12-6-9(13)10(14)7-11(12)15/h6-8H,2-5H2,1H3. The number of rotatable bonds is 2. The number of sulfonamides is 1. The number of nitrogens with zero attached hydrogens (tertiary/aromatic N) is 1. The van der Waals surface area contributed by atoms with Crippen molar-refractivity contribution in [1.82, 2.24) is 4.31 Å². The fourth-order valence-corrected chi connectivity index (χ4v) is 4.53. The molecule has 0 amide bonds. The molecule has 0 spiro atoms. The highest BCUT2D eigenvalue weighted by Gasteiger charge is 2.33. The van der Waals surface area contributed by atoms with E-state index >= 15 is 0 Å². The van der Waals surface area contributed by atoms with Gasteiger partial charge in [0.25, 0.3) is 0 Å². The van der Waals surface area contributed by atoms with Crippen LogP contribution in [0.4, 0.5) is 8.78 Å². The van der Waals surface area contributed by atoms with Crippen LogP contribution >= 0.6 is 15.9 Å². The molecule has 19 heavy (non-hydrogen) atoms. The first-order valence-corrected chi connectivity index (χ1v) is 8.23. The van der Waals surface area contributed by atoms with E-state index < -0.39 is 26.6 Å². The van der Waals surface area contributed by atoms with Gasteiger partial charge in [0.1, 0.15) is 16.5 Å². The van der Waals surface area contributed by atoms with Crippen LogP contribution in [-0.2, 0) is 10.0 Å². The second kappa shape index (κ2) is 5.46. The van der Waals surface area contributed by atoms with Crippen LogP contribution in [0.15, 0.2) is 21.5 Å². The Hall–Kier alpha value is -0.530. The molecule has 0 aliphatic carbocycles. The fourth-order valence-electron chi connectivity index (χ4n) is 2.26. The predicted octanol–water partition coefficient (Wildman–Crippen LogP) is 3.29. The Morgan fingerprint density at radius 2 is 1.95 bits per heavy atom. The Kier molecular flexibility index (Phi) is 4.27. The summed E-state index contributed by atoms with van der Waals surface area (Å²) in [5, 5.41) is 0. The van der Waals surface area contributed by atoms with E-state index in [1.54, 1.807) is 6.92 Å². The molecule has 106 valence electrons. The summed E-state index contributed by atoms with van der Waals surface area (Å²) in [4.78, 5) is -0.477. The van der Waals surface area contributed by atoms with Gasteiger partial charge in [0, 0.05) is 18.7 Å². The van der Waals surface area contributed by atoms with Gasteiger partial charge in [0.15, 0.2) is 0 Å². The van der Waals surface area contributed by atoms with Crippen molar-refractivity contribution in [3.8, 4) is 0 Å². The molecular formula is C12H14BrF2NO2S. The van der Waals surface area contributed by atoms with Gasteiger partial charge < -0.3 is 0 Å². The SMILES string of the molecule is CC1CCCCN1S(=O)(=O)c1cc(Br)c(F)cc1F. The molecule has 1 unspecified atom stereocenters.